The number of rotatable bonds is 4. The van der Waals surface area contributed by atoms with E-state index in [4.69, 9.17) is 23.3 Å². The second-order valence-electron chi connectivity index (χ2n) is 2.61. The second-order valence-corrected chi connectivity index (χ2v) is 2.61. The van der Waals surface area contributed by atoms with Crippen molar-refractivity contribution in [2.24, 2.45) is 0 Å². The molecule has 0 saturated carbocycles. The van der Waals surface area contributed by atoms with E-state index in [0.717, 1.165) is 0 Å². The van der Waals surface area contributed by atoms with Crippen molar-refractivity contribution in [2.45, 2.75) is 27.7 Å². The predicted octanol–water partition coefficient (Wildman–Crippen LogP) is 1.69. The van der Waals surface area contributed by atoms with E-state index in [1.807, 2.05) is 0 Å². The molecule has 0 saturated heterocycles. The Morgan fingerprint density at radius 2 is 0.600 bits per heavy atom. The molecule has 0 atom stereocenters. The molecule has 0 aromatic rings. The van der Waals surface area contributed by atoms with Crippen LogP contribution < -0.4 is 0 Å². The minimum Gasteiger partial charge on any atom is 0 e. The van der Waals surface area contributed by atoms with Crippen LogP contribution in [0.5, 0.6) is 0 Å². The van der Waals surface area contributed by atoms with Crippen molar-refractivity contribution in [3.05, 3.63) is 33.3 Å². The van der Waals surface area contributed by atoms with Gasteiger partial charge in [0.1, 0.15) is 0 Å². The van der Waals surface area contributed by atoms with Gasteiger partial charge in [0.15, 0.2) is 0 Å². The summed E-state index contributed by atoms with van der Waals surface area (Å²) in [4.78, 5) is 0. The Labute approximate surface area is 136 Å². The van der Waals surface area contributed by atoms with Gasteiger partial charge >= 0.3 is 56.5 Å². The molecular formula is C13H20NO5W+. The van der Waals surface area contributed by atoms with Crippen molar-refractivity contribution >= 4 is 0 Å². The predicted molar refractivity (Wildman–Crippen MR) is 62.1 cm³/mol. The fraction of sp³-hybridized carbons (Fsp3) is 0.615. The molecule has 0 aliphatic heterocycles. The van der Waals surface area contributed by atoms with Crippen LogP contribution >= 0.6 is 0 Å². The molecule has 0 unspecified atom stereocenters. The molecule has 112 valence electrons. The van der Waals surface area contributed by atoms with Gasteiger partial charge in [0.2, 0.25) is 0 Å². The van der Waals surface area contributed by atoms with Gasteiger partial charge < -0.3 is 4.48 Å². The smallest absolute Gasteiger partial charge is 0 e. The molecule has 6 nitrogen and oxygen atoms in total. The van der Waals surface area contributed by atoms with Crippen LogP contribution in [-0.2, 0) is 44.3 Å². The summed E-state index contributed by atoms with van der Waals surface area (Å²) in [6.45, 7) is 36.7. The van der Waals surface area contributed by atoms with Crippen LogP contribution in [-0.4, -0.2) is 30.7 Å². The van der Waals surface area contributed by atoms with Crippen molar-refractivity contribution in [1.29, 1.82) is 0 Å². The number of quaternary nitrogens is 1. The first-order valence-corrected chi connectivity index (χ1v) is 5.11. The van der Waals surface area contributed by atoms with Gasteiger partial charge in [-0.15, -0.1) is 0 Å². The van der Waals surface area contributed by atoms with Gasteiger partial charge in [0, 0.05) is 21.1 Å². The molecule has 0 fully saturated rings. The topological polar surface area (TPSA) is 99.5 Å². The van der Waals surface area contributed by atoms with Gasteiger partial charge in [0.05, 0.1) is 26.2 Å². The van der Waals surface area contributed by atoms with E-state index in [1.54, 1.807) is 0 Å². The van der Waals surface area contributed by atoms with E-state index >= 15 is 0 Å². The summed E-state index contributed by atoms with van der Waals surface area (Å²) in [5, 5.41) is 0. The molecule has 0 heterocycles. The standard InChI is InChI=1S/C8H20N.5CO.W/c1-5-9(6-2,7-3)8-4;5*1-2;/h5-8H2,1-4H3;;;;;;/q+1;;;;;;. The Balaban J connectivity index is -0.0000000261. The monoisotopic (exact) mass is 454 g/mol. The maximum atomic E-state index is 7.50. The normalized spacial score (nSPS) is 5.90. The van der Waals surface area contributed by atoms with Gasteiger partial charge in [-0.3, -0.25) is 0 Å². The molecule has 0 amide bonds. The summed E-state index contributed by atoms with van der Waals surface area (Å²) in [6, 6.07) is 0. The molecule has 0 aromatic heterocycles. The SMILES string of the molecule is CC[N+](CC)(CC)CC.[C-]#[O+].[C-]#[O+].[C-]#[O+].[C-]#[O+].[C-]#[O+].[W]. The molecule has 0 bridgehead atoms. The summed E-state index contributed by atoms with van der Waals surface area (Å²) in [6.07, 6.45) is 0. The van der Waals surface area contributed by atoms with E-state index in [-0.39, 0.29) is 21.1 Å². The zero-order chi connectivity index (χ0) is 17.3. The average molecular weight is 454 g/mol. The molecular weight excluding hydrogens is 434 g/mol. The third-order valence-electron chi connectivity index (χ3n) is 2.68. The molecule has 20 heavy (non-hydrogen) atoms. The van der Waals surface area contributed by atoms with Gasteiger partial charge in [0.25, 0.3) is 0 Å². The van der Waals surface area contributed by atoms with Crippen LogP contribution in [0.4, 0.5) is 0 Å². The quantitative estimate of drug-likeness (QED) is 0.351. The van der Waals surface area contributed by atoms with Gasteiger partial charge in [-0.1, -0.05) is 0 Å². The molecule has 0 N–H and O–H groups in total. The summed E-state index contributed by atoms with van der Waals surface area (Å²) in [5.74, 6) is 0. The number of hydrogen-bond acceptors (Lipinski definition) is 0. The van der Waals surface area contributed by atoms with Crippen LogP contribution in [0, 0.1) is 33.3 Å². The average Bonchev–Trinajstić information content (AvgIpc) is 2.59. The zero-order valence-electron chi connectivity index (χ0n) is 12.2. The fourth-order valence-corrected chi connectivity index (χ4v) is 1.34. The molecule has 0 aromatic carbocycles. The van der Waals surface area contributed by atoms with Crippen molar-refractivity contribution in [2.75, 3.05) is 26.2 Å². The van der Waals surface area contributed by atoms with Gasteiger partial charge in [-0.05, 0) is 27.7 Å². The van der Waals surface area contributed by atoms with Gasteiger partial charge in [-0.25, -0.2) is 0 Å². The molecule has 0 aliphatic carbocycles. The van der Waals surface area contributed by atoms with E-state index in [2.05, 4.69) is 60.9 Å². The van der Waals surface area contributed by atoms with Crippen molar-refractivity contribution in [1.82, 2.24) is 0 Å². The third-order valence-corrected chi connectivity index (χ3v) is 2.68. The Morgan fingerprint density at radius 3 is 0.600 bits per heavy atom. The molecule has 0 aliphatic rings. The number of hydrogen-bond donors (Lipinski definition) is 0. The Kier molecular flexibility index (Phi) is 135. The van der Waals surface area contributed by atoms with Crippen molar-refractivity contribution in [3.8, 4) is 0 Å². The largest absolute Gasteiger partial charge is 0 e. The first kappa shape index (κ1) is 42.7. The first-order chi connectivity index (χ1) is 9.24. The molecule has 0 rings (SSSR count). The second kappa shape index (κ2) is 63.2. The van der Waals surface area contributed by atoms with Crippen molar-refractivity contribution in [3.63, 3.8) is 0 Å². The van der Waals surface area contributed by atoms with E-state index in [0.29, 0.717) is 0 Å². The molecule has 0 radical (unpaired) electrons. The van der Waals surface area contributed by atoms with Crippen LogP contribution in [0.1, 0.15) is 27.7 Å². The fourth-order valence-electron chi connectivity index (χ4n) is 1.34. The minimum atomic E-state index is 0. The first-order valence-electron chi connectivity index (χ1n) is 5.11. The summed E-state index contributed by atoms with van der Waals surface area (Å²) in [7, 11) is 0. The molecule has 0 spiro atoms. The Hall–Kier alpha value is -0.652. The van der Waals surface area contributed by atoms with Crippen molar-refractivity contribution < 1.29 is 48.8 Å². The maximum absolute atomic E-state index is 7.50. The number of nitrogens with zero attached hydrogens (tertiary/aromatic N) is 1. The van der Waals surface area contributed by atoms with Crippen LogP contribution in [0.2, 0.25) is 0 Å². The third kappa shape index (κ3) is 36.0. The molecule has 7 heteroatoms. The summed E-state index contributed by atoms with van der Waals surface area (Å²) >= 11 is 0. The Morgan fingerprint density at radius 1 is 0.500 bits per heavy atom. The van der Waals surface area contributed by atoms with Crippen LogP contribution in [0.3, 0.4) is 0 Å². The van der Waals surface area contributed by atoms with Gasteiger partial charge in [-0.2, -0.15) is 0 Å². The summed E-state index contributed by atoms with van der Waals surface area (Å²) in [5.41, 5.74) is 0. The summed E-state index contributed by atoms with van der Waals surface area (Å²) < 4.78 is 38.8. The van der Waals surface area contributed by atoms with E-state index in [1.165, 1.54) is 30.7 Å². The van der Waals surface area contributed by atoms with E-state index in [9.17, 15) is 0 Å². The Bertz CT molecular complexity index is 177. The maximum Gasteiger partial charge on any atom is 0 e. The van der Waals surface area contributed by atoms with E-state index < -0.39 is 0 Å². The zero-order valence-corrected chi connectivity index (χ0v) is 15.2. The minimum absolute atomic E-state index is 0. The van der Waals surface area contributed by atoms with Crippen LogP contribution in [0.15, 0.2) is 0 Å². The van der Waals surface area contributed by atoms with Crippen LogP contribution in [0.25, 0.3) is 0 Å².